The number of aryl methyl sites for hydroxylation is 1. The van der Waals surface area contributed by atoms with Crippen molar-refractivity contribution < 1.29 is 0 Å². The van der Waals surface area contributed by atoms with E-state index < -0.39 is 0 Å². The molecule has 0 aliphatic rings. The highest BCUT2D eigenvalue weighted by Gasteiger charge is 2.08. The number of benzene rings is 1. The molecule has 1 radical (unpaired) electrons. The summed E-state index contributed by atoms with van der Waals surface area (Å²) >= 11 is 0. The van der Waals surface area contributed by atoms with Gasteiger partial charge in [-0.15, -0.1) is 0 Å². The number of aromatic nitrogens is 4. The van der Waals surface area contributed by atoms with Gasteiger partial charge in [0.15, 0.2) is 5.65 Å². The van der Waals surface area contributed by atoms with E-state index in [2.05, 4.69) is 46.3 Å². The summed E-state index contributed by atoms with van der Waals surface area (Å²) in [6, 6.07) is 12.4. The largest absolute Gasteiger partial charge is 0.361 e. The van der Waals surface area contributed by atoms with Crippen LogP contribution >= 0.6 is 0 Å². The second-order valence-corrected chi connectivity index (χ2v) is 5.12. The maximum Gasteiger partial charge on any atom is 0.154 e. The molecule has 0 atom stereocenters. The van der Waals surface area contributed by atoms with Gasteiger partial charge < -0.3 is 4.98 Å². The molecule has 0 fully saturated rings. The fourth-order valence-electron chi connectivity index (χ4n) is 2.64. The van der Waals surface area contributed by atoms with Crippen LogP contribution in [-0.2, 0) is 6.42 Å². The van der Waals surface area contributed by atoms with Gasteiger partial charge in [-0.3, -0.25) is 0 Å². The average molecular weight is 275 g/mol. The summed E-state index contributed by atoms with van der Waals surface area (Å²) in [5, 5.41) is 5.87. The summed E-state index contributed by atoms with van der Waals surface area (Å²) in [5.41, 5.74) is 5.18. The Morgan fingerprint density at radius 3 is 3.00 bits per heavy atom. The van der Waals surface area contributed by atoms with E-state index >= 15 is 0 Å². The highest BCUT2D eigenvalue weighted by molar-refractivity contribution is 5.84. The van der Waals surface area contributed by atoms with Crippen molar-refractivity contribution in [2.24, 2.45) is 0 Å². The van der Waals surface area contributed by atoms with Crippen LogP contribution in [0, 0.1) is 6.92 Å². The molecule has 4 nitrogen and oxygen atoms in total. The third-order valence-corrected chi connectivity index (χ3v) is 3.70. The van der Waals surface area contributed by atoms with Gasteiger partial charge in [0.1, 0.15) is 0 Å². The summed E-state index contributed by atoms with van der Waals surface area (Å²) in [6.07, 6.45) is 5.56. The summed E-state index contributed by atoms with van der Waals surface area (Å²) < 4.78 is 1.92. The minimum atomic E-state index is 0.845. The zero-order valence-corrected chi connectivity index (χ0v) is 11.6. The van der Waals surface area contributed by atoms with Crippen molar-refractivity contribution in [3.05, 3.63) is 61.4 Å². The molecule has 0 saturated heterocycles. The van der Waals surface area contributed by atoms with Crippen LogP contribution in [0.25, 0.3) is 27.8 Å². The first-order valence-corrected chi connectivity index (χ1v) is 7.05. The molecule has 0 aliphatic carbocycles. The van der Waals surface area contributed by atoms with Crippen LogP contribution in [-0.4, -0.2) is 19.6 Å². The zero-order chi connectivity index (χ0) is 14.2. The third kappa shape index (κ3) is 2.00. The first kappa shape index (κ1) is 12.1. The van der Waals surface area contributed by atoms with Crippen molar-refractivity contribution >= 4 is 16.6 Å². The van der Waals surface area contributed by atoms with Gasteiger partial charge in [0.25, 0.3) is 0 Å². The first-order valence-electron chi connectivity index (χ1n) is 7.05. The zero-order valence-electron chi connectivity index (χ0n) is 11.6. The Kier molecular flexibility index (Phi) is 2.74. The summed E-state index contributed by atoms with van der Waals surface area (Å²) in [4.78, 5) is 7.65. The topological polar surface area (TPSA) is 46.0 Å². The number of imidazole rings is 1. The minimum Gasteiger partial charge on any atom is -0.361 e. The van der Waals surface area contributed by atoms with Gasteiger partial charge in [-0.05, 0) is 43.2 Å². The molecule has 1 aromatic carbocycles. The molecule has 21 heavy (non-hydrogen) atoms. The maximum absolute atomic E-state index is 4.68. The smallest absolute Gasteiger partial charge is 0.154 e. The summed E-state index contributed by atoms with van der Waals surface area (Å²) in [5.74, 6) is 0. The van der Waals surface area contributed by atoms with E-state index in [1.54, 1.807) is 0 Å². The van der Waals surface area contributed by atoms with E-state index in [0.717, 1.165) is 41.0 Å². The quantitative estimate of drug-likeness (QED) is 0.620. The van der Waals surface area contributed by atoms with Crippen LogP contribution in [0.3, 0.4) is 0 Å². The lowest BCUT2D eigenvalue weighted by Crippen LogP contribution is -1.99. The number of rotatable bonds is 3. The Morgan fingerprint density at radius 1 is 1.14 bits per heavy atom. The van der Waals surface area contributed by atoms with E-state index in [9.17, 15) is 0 Å². The third-order valence-electron chi connectivity index (χ3n) is 3.70. The van der Waals surface area contributed by atoms with Crippen LogP contribution < -0.4 is 0 Å². The highest BCUT2D eigenvalue weighted by Crippen LogP contribution is 2.24. The molecule has 103 valence electrons. The van der Waals surface area contributed by atoms with Crippen molar-refractivity contribution in [2.45, 2.75) is 12.8 Å². The van der Waals surface area contributed by atoms with Crippen molar-refractivity contribution in [1.29, 1.82) is 0 Å². The van der Waals surface area contributed by atoms with Crippen LogP contribution in [0.5, 0.6) is 0 Å². The van der Waals surface area contributed by atoms with Crippen molar-refractivity contribution in [3.8, 4) is 11.3 Å². The molecule has 3 heterocycles. The second-order valence-electron chi connectivity index (χ2n) is 5.12. The standard InChI is InChI=1S/C17H15N4/c1-2-3-14-5-7-17-19-11-16(21(17)20-14)13-4-6-15-12(10-13)8-9-18-15/h4-11,18H,1-3H2. The average Bonchev–Trinajstić information content (AvgIpc) is 3.12. The van der Waals surface area contributed by atoms with Crippen LogP contribution in [0.15, 0.2) is 48.8 Å². The fraction of sp³-hybridized carbons (Fsp3) is 0.118. The SMILES string of the molecule is [CH2]CCc1ccc2ncc(-c3ccc4[nH]ccc4c3)n2n1. The second kappa shape index (κ2) is 4.74. The number of nitrogens with zero attached hydrogens (tertiary/aromatic N) is 3. The van der Waals surface area contributed by atoms with Gasteiger partial charge in [0.05, 0.1) is 17.6 Å². The Bertz CT molecular complexity index is 917. The molecule has 0 amide bonds. The number of fused-ring (bicyclic) bond motifs is 2. The van der Waals surface area contributed by atoms with Crippen molar-refractivity contribution in [1.82, 2.24) is 19.6 Å². The molecule has 0 aliphatic heterocycles. The first-order chi connectivity index (χ1) is 10.3. The molecule has 0 spiro atoms. The monoisotopic (exact) mass is 275 g/mol. The summed E-state index contributed by atoms with van der Waals surface area (Å²) in [7, 11) is 0. The van der Waals surface area contributed by atoms with E-state index in [4.69, 9.17) is 0 Å². The fourth-order valence-corrected chi connectivity index (χ4v) is 2.64. The Hall–Kier alpha value is -2.62. The lowest BCUT2D eigenvalue weighted by molar-refractivity contribution is 0.838. The molecule has 0 bridgehead atoms. The van der Waals surface area contributed by atoms with Gasteiger partial charge in [0, 0.05) is 22.7 Å². The van der Waals surface area contributed by atoms with Gasteiger partial charge in [-0.25, -0.2) is 9.50 Å². The van der Waals surface area contributed by atoms with Crippen molar-refractivity contribution in [3.63, 3.8) is 0 Å². The molecule has 4 aromatic rings. The van der Waals surface area contributed by atoms with E-state index in [0.29, 0.717) is 0 Å². The van der Waals surface area contributed by atoms with Crippen LogP contribution in [0.4, 0.5) is 0 Å². The predicted octanol–water partition coefficient (Wildman–Crippen LogP) is 3.64. The molecular formula is C17H15N4. The molecule has 0 unspecified atom stereocenters. The lowest BCUT2D eigenvalue weighted by atomic mass is 10.1. The Labute approximate surface area is 122 Å². The van der Waals surface area contributed by atoms with E-state index in [-0.39, 0.29) is 0 Å². The lowest BCUT2D eigenvalue weighted by Gasteiger charge is -2.04. The highest BCUT2D eigenvalue weighted by atomic mass is 15.3. The Morgan fingerprint density at radius 2 is 2.10 bits per heavy atom. The predicted molar refractivity (Wildman–Crippen MR) is 84.0 cm³/mol. The Balaban J connectivity index is 1.89. The molecule has 4 rings (SSSR count). The van der Waals surface area contributed by atoms with Crippen molar-refractivity contribution in [2.75, 3.05) is 0 Å². The molecule has 1 N–H and O–H groups in total. The molecule has 3 aromatic heterocycles. The van der Waals surface area contributed by atoms with Gasteiger partial charge in [0.2, 0.25) is 0 Å². The van der Waals surface area contributed by atoms with Gasteiger partial charge >= 0.3 is 0 Å². The number of H-pyrrole nitrogens is 1. The molecule has 0 saturated carbocycles. The molecular weight excluding hydrogens is 260 g/mol. The van der Waals surface area contributed by atoms with Crippen LogP contribution in [0.1, 0.15) is 12.1 Å². The number of hydrogen-bond donors (Lipinski definition) is 1. The van der Waals surface area contributed by atoms with Gasteiger partial charge in [-0.1, -0.05) is 13.0 Å². The normalized spacial score (nSPS) is 11.5. The minimum absolute atomic E-state index is 0.845. The molecule has 4 heteroatoms. The maximum atomic E-state index is 4.68. The van der Waals surface area contributed by atoms with E-state index in [1.165, 1.54) is 5.39 Å². The number of aromatic amines is 1. The van der Waals surface area contributed by atoms with E-state index in [1.807, 2.05) is 29.0 Å². The number of nitrogens with one attached hydrogen (secondary N) is 1. The number of hydrogen-bond acceptors (Lipinski definition) is 2. The summed E-state index contributed by atoms with van der Waals surface area (Å²) in [6.45, 7) is 3.89. The van der Waals surface area contributed by atoms with Crippen LogP contribution in [0.2, 0.25) is 0 Å². The van der Waals surface area contributed by atoms with Gasteiger partial charge in [-0.2, -0.15) is 5.10 Å².